The van der Waals surface area contributed by atoms with E-state index in [0.717, 1.165) is 42.8 Å². The zero-order chi connectivity index (χ0) is 22.1. The van der Waals surface area contributed by atoms with Crippen molar-refractivity contribution < 1.29 is 14.3 Å². The summed E-state index contributed by atoms with van der Waals surface area (Å²) in [7, 11) is 1.66. The minimum absolute atomic E-state index is 0.0717. The maximum Gasteiger partial charge on any atom is 0.244 e. The highest BCUT2D eigenvalue weighted by atomic mass is 16.5. The van der Waals surface area contributed by atoms with Gasteiger partial charge in [0.2, 0.25) is 11.8 Å². The molecular weight excluding hydrogens is 390 g/mol. The molecule has 0 saturated carbocycles. The van der Waals surface area contributed by atoms with Gasteiger partial charge in [-0.25, -0.2) is 0 Å². The van der Waals surface area contributed by atoms with Crippen LogP contribution in [0, 0.1) is 0 Å². The molecule has 0 bridgehead atoms. The fraction of sp³-hybridized carbons (Fsp3) is 0.360. The first-order valence-electron chi connectivity index (χ1n) is 10.8. The van der Waals surface area contributed by atoms with E-state index in [2.05, 4.69) is 21.6 Å². The molecule has 1 aliphatic heterocycles. The first-order chi connectivity index (χ1) is 15.1. The van der Waals surface area contributed by atoms with Gasteiger partial charge in [0.25, 0.3) is 0 Å². The number of benzene rings is 2. The van der Waals surface area contributed by atoms with E-state index in [-0.39, 0.29) is 17.9 Å². The van der Waals surface area contributed by atoms with Gasteiger partial charge < -0.3 is 15.4 Å². The molecule has 2 N–H and O–H groups in total. The number of carbonyl (C=O) groups excluding carboxylic acids is 2. The van der Waals surface area contributed by atoms with Crippen LogP contribution >= 0.6 is 0 Å². The summed E-state index contributed by atoms with van der Waals surface area (Å²) in [6, 6.07) is 17.0. The number of rotatable bonds is 9. The Labute approximate surface area is 184 Å². The minimum atomic E-state index is -0.627. The number of hydrogen-bond acceptors (Lipinski definition) is 4. The fourth-order valence-corrected chi connectivity index (χ4v) is 3.77. The van der Waals surface area contributed by atoms with Crippen molar-refractivity contribution in [1.29, 1.82) is 0 Å². The SMILES string of the molecule is COc1cccc(C(CNC(=O)C(C)NC(=O)/C=C/c2ccccc2)N2CCCC2)c1. The molecule has 0 spiro atoms. The van der Waals surface area contributed by atoms with Gasteiger partial charge in [-0.2, -0.15) is 0 Å². The number of likely N-dealkylation sites (tertiary alicyclic amines) is 1. The van der Waals surface area contributed by atoms with Gasteiger partial charge in [-0.1, -0.05) is 42.5 Å². The molecule has 3 rings (SSSR count). The van der Waals surface area contributed by atoms with Crippen LogP contribution in [-0.2, 0) is 9.59 Å². The highest BCUT2D eigenvalue weighted by molar-refractivity contribution is 5.95. The number of hydrogen-bond donors (Lipinski definition) is 2. The fourth-order valence-electron chi connectivity index (χ4n) is 3.77. The Bertz CT molecular complexity index is 892. The summed E-state index contributed by atoms with van der Waals surface area (Å²) in [4.78, 5) is 27.2. The second kappa shape index (κ2) is 11.3. The molecule has 31 heavy (non-hydrogen) atoms. The molecule has 6 nitrogen and oxygen atoms in total. The Morgan fingerprint density at radius 3 is 2.55 bits per heavy atom. The van der Waals surface area contributed by atoms with Crippen molar-refractivity contribution in [2.45, 2.75) is 31.8 Å². The molecule has 1 aliphatic rings. The van der Waals surface area contributed by atoms with Crippen molar-refractivity contribution in [1.82, 2.24) is 15.5 Å². The van der Waals surface area contributed by atoms with Gasteiger partial charge in [0.15, 0.2) is 0 Å². The van der Waals surface area contributed by atoms with Crippen molar-refractivity contribution in [3.05, 3.63) is 71.8 Å². The van der Waals surface area contributed by atoms with E-state index < -0.39 is 6.04 Å². The Hall–Kier alpha value is -3.12. The lowest BCUT2D eigenvalue weighted by atomic mass is 10.0. The Morgan fingerprint density at radius 2 is 1.84 bits per heavy atom. The zero-order valence-corrected chi connectivity index (χ0v) is 18.2. The molecule has 0 aromatic heterocycles. The molecule has 1 saturated heterocycles. The summed E-state index contributed by atoms with van der Waals surface area (Å²) < 4.78 is 5.37. The highest BCUT2D eigenvalue weighted by Gasteiger charge is 2.25. The van der Waals surface area contributed by atoms with Crippen LogP contribution in [0.15, 0.2) is 60.7 Å². The summed E-state index contributed by atoms with van der Waals surface area (Å²) in [5.74, 6) is 0.308. The van der Waals surface area contributed by atoms with Gasteiger partial charge in [-0.05, 0) is 62.2 Å². The molecule has 6 heteroatoms. The van der Waals surface area contributed by atoms with Crippen LogP contribution in [0.2, 0.25) is 0 Å². The number of methoxy groups -OCH3 is 1. The molecule has 2 aromatic carbocycles. The number of carbonyl (C=O) groups is 2. The lowest BCUT2D eigenvalue weighted by Gasteiger charge is -2.29. The normalized spacial score (nSPS) is 16.1. The monoisotopic (exact) mass is 421 g/mol. The van der Waals surface area contributed by atoms with Crippen LogP contribution in [-0.4, -0.2) is 49.5 Å². The smallest absolute Gasteiger partial charge is 0.244 e. The molecule has 2 aromatic rings. The Kier molecular flexibility index (Phi) is 8.24. The molecule has 164 valence electrons. The third-order valence-electron chi connectivity index (χ3n) is 5.51. The van der Waals surface area contributed by atoms with E-state index in [4.69, 9.17) is 4.74 Å². The van der Waals surface area contributed by atoms with E-state index in [1.54, 1.807) is 20.1 Å². The molecule has 2 unspecified atom stereocenters. The van der Waals surface area contributed by atoms with E-state index in [1.165, 1.54) is 6.08 Å². The Morgan fingerprint density at radius 1 is 1.10 bits per heavy atom. The maximum atomic E-state index is 12.6. The maximum absolute atomic E-state index is 12.6. The number of nitrogens with one attached hydrogen (secondary N) is 2. The predicted molar refractivity (Wildman–Crippen MR) is 123 cm³/mol. The third-order valence-corrected chi connectivity index (χ3v) is 5.51. The first-order valence-corrected chi connectivity index (χ1v) is 10.8. The zero-order valence-electron chi connectivity index (χ0n) is 18.2. The first kappa shape index (κ1) is 22.6. The van der Waals surface area contributed by atoms with E-state index >= 15 is 0 Å². The molecule has 1 heterocycles. The van der Waals surface area contributed by atoms with Crippen LogP contribution in [0.5, 0.6) is 5.75 Å². The van der Waals surface area contributed by atoms with Crippen LogP contribution < -0.4 is 15.4 Å². The number of nitrogens with zero attached hydrogens (tertiary/aromatic N) is 1. The molecule has 1 fully saturated rings. The van der Waals surface area contributed by atoms with Crippen LogP contribution in [0.1, 0.15) is 36.9 Å². The van der Waals surface area contributed by atoms with E-state index in [0.29, 0.717) is 6.54 Å². The van der Waals surface area contributed by atoms with Crippen LogP contribution in [0.25, 0.3) is 6.08 Å². The van der Waals surface area contributed by atoms with Crippen molar-refractivity contribution in [3.8, 4) is 5.75 Å². The van der Waals surface area contributed by atoms with E-state index in [9.17, 15) is 9.59 Å². The average molecular weight is 422 g/mol. The van der Waals surface area contributed by atoms with Gasteiger partial charge in [0.05, 0.1) is 13.2 Å². The third kappa shape index (κ3) is 6.69. The van der Waals surface area contributed by atoms with Gasteiger partial charge in [-0.3, -0.25) is 14.5 Å². The number of ether oxygens (including phenoxy) is 1. The second-order valence-electron chi connectivity index (χ2n) is 7.75. The van der Waals surface area contributed by atoms with Crippen LogP contribution in [0.4, 0.5) is 0 Å². The van der Waals surface area contributed by atoms with Gasteiger partial charge in [-0.15, -0.1) is 0 Å². The summed E-state index contributed by atoms with van der Waals surface area (Å²) in [5.41, 5.74) is 2.05. The lowest BCUT2D eigenvalue weighted by molar-refractivity contribution is -0.126. The quantitative estimate of drug-likeness (QED) is 0.610. The Balaban J connectivity index is 1.56. The van der Waals surface area contributed by atoms with E-state index in [1.807, 2.05) is 48.5 Å². The van der Waals surface area contributed by atoms with Crippen molar-refractivity contribution in [2.75, 3.05) is 26.7 Å². The van der Waals surface area contributed by atoms with Crippen LogP contribution in [0.3, 0.4) is 0 Å². The summed E-state index contributed by atoms with van der Waals surface area (Å²) in [6.07, 6.45) is 5.50. The average Bonchev–Trinajstić information content (AvgIpc) is 3.33. The number of amides is 2. The second-order valence-corrected chi connectivity index (χ2v) is 7.75. The van der Waals surface area contributed by atoms with Crippen molar-refractivity contribution in [2.24, 2.45) is 0 Å². The standard InChI is InChI=1S/C25H31N3O3/c1-19(27-24(29)14-13-20-9-4-3-5-10-20)25(30)26-18-23(28-15-6-7-16-28)21-11-8-12-22(17-21)31-2/h3-5,8-14,17,19,23H,6-7,15-16,18H2,1-2H3,(H,26,30)(H,27,29)/b14-13+. The lowest BCUT2D eigenvalue weighted by Crippen LogP contribution is -2.46. The largest absolute Gasteiger partial charge is 0.497 e. The van der Waals surface area contributed by atoms with Gasteiger partial charge >= 0.3 is 0 Å². The molecule has 0 radical (unpaired) electrons. The summed E-state index contributed by atoms with van der Waals surface area (Å²) >= 11 is 0. The molecular formula is C25H31N3O3. The van der Waals surface area contributed by atoms with Gasteiger partial charge in [0, 0.05) is 12.6 Å². The topological polar surface area (TPSA) is 70.7 Å². The van der Waals surface area contributed by atoms with Gasteiger partial charge in [0.1, 0.15) is 11.8 Å². The summed E-state index contributed by atoms with van der Waals surface area (Å²) in [6.45, 7) is 4.19. The van der Waals surface area contributed by atoms with Crippen molar-refractivity contribution >= 4 is 17.9 Å². The highest BCUT2D eigenvalue weighted by Crippen LogP contribution is 2.27. The van der Waals surface area contributed by atoms with Crippen molar-refractivity contribution in [3.63, 3.8) is 0 Å². The molecule has 2 amide bonds. The minimum Gasteiger partial charge on any atom is -0.497 e. The molecule has 2 atom stereocenters. The summed E-state index contributed by atoms with van der Waals surface area (Å²) in [5, 5.41) is 5.74. The predicted octanol–water partition coefficient (Wildman–Crippen LogP) is 3.17. The molecule has 0 aliphatic carbocycles.